The maximum Gasteiger partial charge on any atom is 0.288 e. The Labute approximate surface area is 123 Å². The monoisotopic (exact) mass is 298 g/mol. The molecule has 0 atom stereocenters. The molecule has 1 aliphatic carbocycles. The fourth-order valence-electron chi connectivity index (χ4n) is 2.80. The second kappa shape index (κ2) is 5.97. The lowest BCUT2D eigenvalue weighted by Crippen LogP contribution is -2.30. The van der Waals surface area contributed by atoms with Gasteiger partial charge in [0.1, 0.15) is 5.02 Å². The smallest absolute Gasteiger partial charge is 0.288 e. The van der Waals surface area contributed by atoms with Crippen LogP contribution in [0.5, 0.6) is 0 Å². The van der Waals surface area contributed by atoms with Gasteiger partial charge in [0.05, 0.1) is 11.5 Å². The average molecular weight is 299 g/mol. The molecular formula is C14H19ClN2O3. The van der Waals surface area contributed by atoms with E-state index >= 15 is 0 Å². The molecule has 0 radical (unpaired) electrons. The third kappa shape index (κ3) is 3.04. The van der Waals surface area contributed by atoms with Crippen LogP contribution in [0.1, 0.15) is 31.2 Å². The van der Waals surface area contributed by atoms with Crippen LogP contribution in [0.3, 0.4) is 0 Å². The van der Waals surface area contributed by atoms with Crippen molar-refractivity contribution in [2.24, 2.45) is 5.41 Å². The van der Waals surface area contributed by atoms with E-state index < -0.39 is 4.92 Å². The van der Waals surface area contributed by atoms with E-state index in [2.05, 4.69) is 5.32 Å². The molecule has 0 aliphatic heterocycles. The van der Waals surface area contributed by atoms with Crippen LogP contribution < -0.4 is 5.32 Å². The molecule has 0 heterocycles. The third-order valence-electron chi connectivity index (χ3n) is 4.14. The van der Waals surface area contributed by atoms with E-state index in [1.807, 2.05) is 6.92 Å². The van der Waals surface area contributed by atoms with Crippen molar-refractivity contribution in [2.45, 2.75) is 32.6 Å². The van der Waals surface area contributed by atoms with Crippen molar-refractivity contribution < 1.29 is 10.0 Å². The minimum atomic E-state index is -0.481. The SMILES string of the molecule is Cc1cc([N+](=O)[O-])c(Cl)cc1NCC1(CO)CCCC1. The number of anilines is 1. The molecule has 1 aromatic carbocycles. The number of aliphatic hydroxyl groups is 1. The van der Waals surface area contributed by atoms with Crippen molar-refractivity contribution in [1.29, 1.82) is 0 Å². The van der Waals surface area contributed by atoms with Gasteiger partial charge >= 0.3 is 0 Å². The molecule has 2 N–H and O–H groups in total. The van der Waals surface area contributed by atoms with Gasteiger partial charge in [0.15, 0.2) is 0 Å². The fraction of sp³-hybridized carbons (Fsp3) is 0.571. The predicted octanol–water partition coefficient (Wildman–Crippen LogP) is 3.52. The first-order chi connectivity index (χ1) is 9.47. The predicted molar refractivity (Wildman–Crippen MR) is 79.3 cm³/mol. The number of hydrogen-bond acceptors (Lipinski definition) is 4. The van der Waals surface area contributed by atoms with E-state index in [4.69, 9.17) is 11.6 Å². The quantitative estimate of drug-likeness (QED) is 0.644. The van der Waals surface area contributed by atoms with Crippen molar-refractivity contribution in [3.63, 3.8) is 0 Å². The number of nitro groups is 1. The number of aryl methyl sites for hydroxylation is 1. The summed E-state index contributed by atoms with van der Waals surface area (Å²) in [6.07, 6.45) is 4.30. The van der Waals surface area contributed by atoms with Crippen LogP contribution in [0, 0.1) is 22.5 Å². The van der Waals surface area contributed by atoms with Gasteiger partial charge in [-0.15, -0.1) is 0 Å². The molecule has 110 valence electrons. The third-order valence-corrected chi connectivity index (χ3v) is 4.45. The minimum absolute atomic E-state index is 0.0688. The van der Waals surface area contributed by atoms with E-state index in [9.17, 15) is 15.2 Å². The van der Waals surface area contributed by atoms with Crippen LogP contribution in [0.2, 0.25) is 5.02 Å². The number of rotatable bonds is 5. The van der Waals surface area contributed by atoms with Gasteiger partial charge in [0.25, 0.3) is 5.69 Å². The van der Waals surface area contributed by atoms with E-state index in [0.29, 0.717) is 6.54 Å². The number of hydrogen-bond donors (Lipinski definition) is 2. The summed E-state index contributed by atoms with van der Waals surface area (Å²) in [5.41, 5.74) is 1.43. The first-order valence-electron chi connectivity index (χ1n) is 6.77. The van der Waals surface area contributed by atoms with Crippen molar-refractivity contribution >= 4 is 23.0 Å². The molecule has 0 amide bonds. The molecule has 0 bridgehead atoms. The Hall–Kier alpha value is -1.33. The summed E-state index contributed by atoms with van der Waals surface area (Å²) >= 11 is 5.93. The Morgan fingerprint density at radius 1 is 1.45 bits per heavy atom. The van der Waals surface area contributed by atoms with E-state index in [-0.39, 0.29) is 22.7 Å². The molecule has 0 saturated heterocycles. The standard InChI is InChI=1S/C14H19ClN2O3/c1-10-6-13(17(19)20)11(15)7-12(10)16-8-14(9-18)4-2-3-5-14/h6-7,16,18H,2-5,8-9H2,1H3. The van der Waals surface area contributed by atoms with Crippen molar-refractivity contribution in [3.8, 4) is 0 Å². The summed E-state index contributed by atoms with van der Waals surface area (Å²) in [7, 11) is 0. The number of halogens is 1. The number of benzene rings is 1. The summed E-state index contributed by atoms with van der Waals surface area (Å²) in [5, 5.41) is 23.8. The van der Waals surface area contributed by atoms with Crippen molar-refractivity contribution in [1.82, 2.24) is 0 Å². The van der Waals surface area contributed by atoms with Gasteiger partial charge in [-0.1, -0.05) is 24.4 Å². The van der Waals surface area contributed by atoms with Gasteiger partial charge in [-0.05, 0) is 31.4 Å². The highest BCUT2D eigenvalue weighted by Crippen LogP contribution is 2.38. The Morgan fingerprint density at radius 3 is 2.65 bits per heavy atom. The molecule has 1 saturated carbocycles. The lowest BCUT2D eigenvalue weighted by atomic mass is 9.87. The molecule has 2 rings (SSSR count). The highest BCUT2D eigenvalue weighted by molar-refractivity contribution is 6.33. The average Bonchev–Trinajstić information content (AvgIpc) is 2.88. The summed E-state index contributed by atoms with van der Waals surface area (Å²) < 4.78 is 0. The zero-order valence-corrected chi connectivity index (χ0v) is 12.2. The van der Waals surface area contributed by atoms with Gasteiger partial charge in [-0.3, -0.25) is 10.1 Å². The van der Waals surface area contributed by atoms with Gasteiger partial charge in [0, 0.05) is 23.7 Å². The summed E-state index contributed by atoms with van der Waals surface area (Å²) in [4.78, 5) is 10.3. The number of aliphatic hydroxyl groups excluding tert-OH is 1. The number of nitro benzene ring substituents is 1. The van der Waals surface area contributed by atoms with E-state index in [1.165, 1.54) is 6.07 Å². The second-order valence-corrected chi connectivity index (χ2v) is 6.00. The molecule has 0 spiro atoms. The minimum Gasteiger partial charge on any atom is -0.396 e. The van der Waals surface area contributed by atoms with Gasteiger partial charge < -0.3 is 10.4 Å². The highest BCUT2D eigenvalue weighted by atomic mass is 35.5. The van der Waals surface area contributed by atoms with Crippen LogP contribution >= 0.6 is 11.6 Å². The number of nitrogens with zero attached hydrogens (tertiary/aromatic N) is 1. The molecule has 1 aromatic rings. The lowest BCUT2D eigenvalue weighted by molar-refractivity contribution is -0.384. The van der Waals surface area contributed by atoms with Crippen molar-refractivity contribution in [3.05, 3.63) is 32.8 Å². The van der Waals surface area contributed by atoms with Crippen LogP contribution in [0.15, 0.2) is 12.1 Å². The molecule has 5 nitrogen and oxygen atoms in total. The summed E-state index contributed by atoms with van der Waals surface area (Å²) in [5.74, 6) is 0. The Bertz CT molecular complexity index is 513. The first kappa shape index (κ1) is 15.1. The lowest BCUT2D eigenvalue weighted by Gasteiger charge is -2.27. The first-order valence-corrected chi connectivity index (χ1v) is 7.14. The fourth-order valence-corrected chi connectivity index (χ4v) is 3.03. The van der Waals surface area contributed by atoms with Crippen LogP contribution in [0.4, 0.5) is 11.4 Å². The zero-order valence-electron chi connectivity index (χ0n) is 11.5. The van der Waals surface area contributed by atoms with Gasteiger partial charge in [0.2, 0.25) is 0 Å². The number of nitrogens with one attached hydrogen (secondary N) is 1. The largest absolute Gasteiger partial charge is 0.396 e. The maximum atomic E-state index is 10.8. The van der Waals surface area contributed by atoms with E-state index in [0.717, 1.165) is 36.9 Å². The maximum absolute atomic E-state index is 10.8. The molecule has 0 aromatic heterocycles. The second-order valence-electron chi connectivity index (χ2n) is 5.59. The summed E-state index contributed by atoms with van der Waals surface area (Å²) in [6, 6.07) is 3.07. The topological polar surface area (TPSA) is 75.4 Å². The molecule has 1 fully saturated rings. The molecule has 0 unspecified atom stereocenters. The molecule has 6 heteroatoms. The van der Waals surface area contributed by atoms with Crippen LogP contribution in [-0.2, 0) is 0 Å². The summed E-state index contributed by atoms with van der Waals surface area (Å²) in [6.45, 7) is 2.64. The van der Waals surface area contributed by atoms with Crippen LogP contribution in [-0.4, -0.2) is 23.2 Å². The zero-order chi connectivity index (χ0) is 14.8. The van der Waals surface area contributed by atoms with Crippen molar-refractivity contribution in [2.75, 3.05) is 18.5 Å². The highest BCUT2D eigenvalue weighted by Gasteiger charge is 2.33. The molecule has 1 aliphatic rings. The van der Waals surface area contributed by atoms with E-state index in [1.54, 1.807) is 6.07 Å². The Balaban J connectivity index is 2.14. The normalized spacial score (nSPS) is 17.1. The molecule has 20 heavy (non-hydrogen) atoms. The Morgan fingerprint density at radius 2 is 2.10 bits per heavy atom. The molecular weight excluding hydrogens is 280 g/mol. The van der Waals surface area contributed by atoms with Gasteiger partial charge in [-0.25, -0.2) is 0 Å². The Kier molecular flexibility index (Phi) is 4.50. The van der Waals surface area contributed by atoms with Gasteiger partial charge in [-0.2, -0.15) is 0 Å². The van der Waals surface area contributed by atoms with Crippen LogP contribution in [0.25, 0.3) is 0 Å².